The van der Waals surface area contributed by atoms with Crippen LogP contribution in [0.3, 0.4) is 0 Å². The fourth-order valence-corrected chi connectivity index (χ4v) is 4.83. The standard InChI is InChI=1S/C26H28N2O4/c1-15-12-16(2)20-14-21(27-24(20)17(15)3)26(30)28-8-6-18(7-9-28)25(29)19-4-5-22-23(13-19)32-11-10-31-22/h4-5,12-14,18,27H,6-11H2,1-3H3. The third kappa shape index (κ3) is 3.53. The molecule has 3 aromatic rings. The fourth-order valence-electron chi connectivity index (χ4n) is 4.83. The van der Waals surface area contributed by atoms with Gasteiger partial charge in [0.25, 0.3) is 5.91 Å². The fraction of sp³-hybridized carbons (Fsp3) is 0.385. The molecule has 0 aliphatic carbocycles. The number of rotatable bonds is 3. The van der Waals surface area contributed by atoms with Crippen molar-refractivity contribution in [3.8, 4) is 11.5 Å². The summed E-state index contributed by atoms with van der Waals surface area (Å²) in [5, 5.41) is 1.10. The number of piperidine rings is 1. The first-order valence-electron chi connectivity index (χ1n) is 11.2. The number of hydrogen-bond donors (Lipinski definition) is 1. The maximum Gasteiger partial charge on any atom is 0.270 e. The Kier molecular flexibility index (Phi) is 5.16. The van der Waals surface area contributed by atoms with Crippen LogP contribution in [0.15, 0.2) is 30.3 Å². The van der Waals surface area contributed by atoms with Gasteiger partial charge in [0.1, 0.15) is 18.9 Å². The SMILES string of the molecule is Cc1cc(C)c2cc(C(=O)N3CCC(C(=O)c4ccc5c(c4)OCCO5)CC3)[nH]c2c1C. The van der Waals surface area contributed by atoms with Gasteiger partial charge in [-0.15, -0.1) is 0 Å². The molecular formula is C26H28N2O4. The number of carbonyl (C=O) groups is 2. The Hall–Kier alpha value is -3.28. The number of aryl methyl sites for hydroxylation is 3. The first-order valence-corrected chi connectivity index (χ1v) is 11.2. The number of benzene rings is 2. The summed E-state index contributed by atoms with van der Waals surface area (Å²) in [6.07, 6.45) is 1.33. The van der Waals surface area contributed by atoms with E-state index in [1.807, 2.05) is 23.1 Å². The molecule has 1 N–H and O–H groups in total. The molecule has 6 nitrogen and oxygen atoms in total. The maximum absolute atomic E-state index is 13.2. The quantitative estimate of drug-likeness (QED) is 0.614. The first kappa shape index (κ1) is 20.6. The second-order valence-electron chi connectivity index (χ2n) is 8.90. The molecule has 0 unspecified atom stereocenters. The number of aromatic amines is 1. The van der Waals surface area contributed by atoms with Crippen LogP contribution >= 0.6 is 0 Å². The zero-order valence-electron chi connectivity index (χ0n) is 18.8. The average Bonchev–Trinajstić information content (AvgIpc) is 3.28. The molecule has 5 rings (SSSR count). The van der Waals surface area contributed by atoms with Gasteiger partial charge in [0, 0.05) is 35.5 Å². The van der Waals surface area contributed by atoms with Crippen LogP contribution < -0.4 is 9.47 Å². The van der Waals surface area contributed by atoms with Crippen molar-refractivity contribution in [3.63, 3.8) is 0 Å². The van der Waals surface area contributed by atoms with Crippen LogP contribution in [0.25, 0.3) is 10.9 Å². The number of amides is 1. The highest BCUT2D eigenvalue weighted by Gasteiger charge is 2.30. The van der Waals surface area contributed by atoms with Crippen molar-refractivity contribution in [1.29, 1.82) is 0 Å². The molecule has 0 bridgehead atoms. The number of nitrogens with zero attached hydrogens (tertiary/aromatic N) is 1. The number of aromatic nitrogens is 1. The second-order valence-corrected chi connectivity index (χ2v) is 8.90. The summed E-state index contributed by atoms with van der Waals surface area (Å²) in [6.45, 7) is 8.42. The third-order valence-electron chi connectivity index (χ3n) is 6.85. The maximum atomic E-state index is 13.2. The van der Waals surface area contributed by atoms with Crippen LogP contribution in [-0.4, -0.2) is 47.9 Å². The van der Waals surface area contributed by atoms with Crippen molar-refractivity contribution >= 4 is 22.6 Å². The molecule has 2 aliphatic rings. The smallest absolute Gasteiger partial charge is 0.270 e. The van der Waals surface area contributed by atoms with E-state index in [9.17, 15) is 9.59 Å². The van der Waals surface area contributed by atoms with E-state index in [0.717, 1.165) is 10.9 Å². The van der Waals surface area contributed by atoms with Crippen molar-refractivity contribution < 1.29 is 19.1 Å². The molecule has 2 aromatic carbocycles. The number of ketones is 1. The summed E-state index contributed by atoms with van der Waals surface area (Å²) >= 11 is 0. The largest absolute Gasteiger partial charge is 0.486 e. The molecule has 1 saturated heterocycles. The molecule has 0 radical (unpaired) electrons. The highest BCUT2D eigenvalue weighted by atomic mass is 16.6. The van der Waals surface area contributed by atoms with Gasteiger partial charge in [-0.3, -0.25) is 9.59 Å². The summed E-state index contributed by atoms with van der Waals surface area (Å²) in [5.41, 5.74) is 5.86. The van der Waals surface area contributed by atoms with Gasteiger partial charge in [-0.25, -0.2) is 0 Å². The third-order valence-corrected chi connectivity index (χ3v) is 6.85. The minimum atomic E-state index is -0.0866. The number of ether oxygens (including phenoxy) is 2. The van der Waals surface area contributed by atoms with E-state index in [1.165, 1.54) is 16.7 Å². The van der Waals surface area contributed by atoms with Gasteiger partial charge in [-0.1, -0.05) is 6.07 Å². The lowest BCUT2D eigenvalue weighted by Crippen LogP contribution is -2.40. The van der Waals surface area contributed by atoms with Gasteiger partial charge in [0.15, 0.2) is 17.3 Å². The Morgan fingerprint density at radius 3 is 2.41 bits per heavy atom. The lowest BCUT2D eigenvalue weighted by Gasteiger charge is -2.31. The van der Waals surface area contributed by atoms with Gasteiger partial charge in [-0.05, 0) is 74.6 Å². The van der Waals surface area contributed by atoms with Gasteiger partial charge in [0.05, 0.1) is 0 Å². The minimum absolute atomic E-state index is 0.00267. The van der Waals surface area contributed by atoms with Gasteiger partial charge in [-0.2, -0.15) is 0 Å². The molecule has 1 aromatic heterocycles. The first-order chi connectivity index (χ1) is 15.4. The Bertz CT molecular complexity index is 1220. The van der Waals surface area contributed by atoms with E-state index in [1.54, 1.807) is 6.07 Å². The molecule has 0 spiro atoms. The molecule has 1 fully saturated rings. The van der Waals surface area contributed by atoms with E-state index >= 15 is 0 Å². The van der Waals surface area contributed by atoms with E-state index < -0.39 is 0 Å². The summed E-state index contributed by atoms with van der Waals surface area (Å²) < 4.78 is 11.2. The van der Waals surface area contributed by atoms with E-state index in [0.29, 0.717) is 61.9 Å². The van der Waals surface area contributed by atoms with Crippen LogP contribution in [0, 0.1) is 26.7 Å². The molecule has 3 heterocycles. The van der Waals surface area contributed by atoms with Gasteiger partial charge in [0.2, 0.25) is 0 Å². The Balaban J connectivity index is 1.28. The van der Waals surface area contributed by atoms with E-state index in [2.05, 4.69) is 31.8 Å². The molecule has 6 heteroatoms. The highest BCUT2D eigenvalue weighted by Crippen LogP contribution is 2.33. The van der Waals surface area contributed by atoms with Crippen molar-refractivity contribution in [2.75, 3.05) is 26.3 Å². The van der Waals surface area contributed by atoms with Crippen molar-refractivity contribution in [2.45, 2.75) is 33.6 Å². The zero-order chi connectivity index (χ0) is 22.4. The molecule has 166 valence electrons. The predicted octanol–water partition coefficient (Wildman–Crippen LogP) is 4.60. The number of carbonyl (C=O) groups excluding carboxylic acids is 2. The second kappa shape index (κ2) is 8.01. The molecule has 32 heavy (non-hydrogen) atoms. The number of fused-ring (bicyclic) bond motifs is 2. The summed E-state index contributed by atoms with van der Waals surface area (Å²) in [4.78, 5) is 31.4. The number of likely N-dealkylation sites (tertiary alicyclic amines) is 1. The lowest BCUT2D eigenvalue weighted by molar-refractivity contribution is 0.0646. The van der Waals surface area contributed by atoms with Crippen LogP contribution in [0.1, 0.15) is 50.4 Å². The highest BCUT2D eigenvalue weighted by molar-refractivity contribution is 6.01. The Labute approximate surface area is 187 Å². The topological polar surface area (TPSA) is 71.6 Å². The molecular weight excluding hydrogens is 404 g/mol. The van der Waals surface area contributed by atoms with Crippen LogP contribution in [0.2, 0.25) is 0 Å². The molecule has 1 amide bonds. The lowest BCUT2D eigenvalue weighted by atomic mass is 9.88. The number of Topliss-reactive ketones (excluding diaryl/α,β-unsaturated/α-hetero) is 1. The van der Waals surface area contributed by atoms with Crippen LogP contribution in [-0.2, 0) is 0 Å². The van der Waals surface area contributed by atoms with E-state index in [4.69, 9.17) is 9.47 Å². The van der Waals surface area contributed by atoms with Crippen molar-refractivity contribution in [3.05, 3.63) is 58.3 Å². The Morgan fingerprint density at radius 2 is 1.66 bits per heavy atom. The molecule has 0 saturated carbocycles. The summed E-state index contributed by atoms with van der Waals surface area (Å²) in [5.74, 6) is 1.35. The predicted molar refractivity (Wildman–Crippen MR) is 123 cm³/mol. The van der Waals surface area contributed by atoms with Crippen LogP contribution in [0.5, 0.6) is 11.5 Å². The van der Waals surface area contributed by atoms with E-state index in [-0.39, 0.29) is 17.6 Å². The normalized spacial score (nSPS) is 16.4. The van der Waals surface area contributed by atoms with Gasteiger partial charge >= 0.3 is 0 Å². The Morgan fingerprint density at radius 1 is 0.938 bits per heavy atom. The zero-order valence-corrected chi connectivity index (χ0v) is 18.8. The van der Waals surface area contributed by atoms with Crippen molar-refractivity contribution in [1.82, 2.24) is 9.88 Å². The summed E-state index contributed by atoms with van der Waals surface area (Å²) in [6, 6.07) is 9.53. The minimum Gasteiger partial charge on any atom is -0.486 e. The summed E-state index contributed by atoms with van der Waals surface area (Å²) in [7, 11) is 0. The number of hydrogen-bond acceptors (Lipinski definition) is 4. The monoisotopic (exact) mass is 432 g/mol. The number of H-pyrrole nitrogens is 1. The number of nitrogens with one attached hydrogen (secondary N) is 1. The molecule has 0 atom stereocenters. The molecule has 2 aliphatic heterocycles. The van der Waals surface area contributed by atoms with Gasteiger partial charge < -0.3 is 19.4 Å². The average molecular weight is 433 g/mol. The van der Waals surface area contributed by atoms with Crippen molar-refractivity contribution in [2.24, 2.45) is 5.92 Å². The van der Waals surface area contributed by atoms with Crippen LogP contribution in [0.4, 0.5) is 0 Å².